The van der Waals surface area contributed by atoms with Crippen molar-refractivity contribution in [2.45, 2.75) is 84.7 Å². The van der Waals surface area contributed by atoms with Gasteiger partial charge in [0.15, 0.2) is 0 Å². The van der Waals surface area contributed by atoms with E-state index in [2.05, 4.69) is 37.9 Å². The highest BCUT2D eigenvalue weighted by molar-refractivity contribution is 4.89. The Balaban J connectivity index is 1.84. The summed E-state index contributed by atoms with van der Waals surface area (Å²) >= 11 is 0. The average molecular weight is 280 g/mol. The molecule has 0 amide bonds. The van der Waals surface area contributed by atoms with Crippen molar-refractivity contribution in [3.8, 4) is 0 Å². The van der Waals surface area contributed by atoms with Gasteiger partial charge in [-0.25, -0.2) is 0 Å². The molecule has 2 fully saturated rings. The predicted molar refractivity (Wildman–Crippen MR) is 88.1 cm³/mol. The second-order valence-electron chi connectivity index (χ2n) is 8.06. The summed E-state index contributed by atoms with van der Waals surface area (Å²) in [5.41, 5.74) is 0.374. The molecule has 2 nitrogen and oxygen atoms in total. The fourth-order valence-electron chi connectivity index (χ4n) is 4.39. The first kappa shape index (κ1) is 16.3. The summed E-state index contributed by atoms with van der Waals surface area (Å²) in [4.78, 5) is 2.83. The second kappa shape index (κ2) is 7.26. The van der Waals surface area contributed by atoms with Gasteiger partial charge in [0.2, 0.25) is 0 Å². The topological polar surface area (TPSA) is 15.3 Å². The summed E-state index contributed by atoms with van der Waals surface area (Å²) in [7, 11) is 0. The van der Waals surface area contributed by atoms with Crippen molar-refractivity contribution in [2.24, 2.45) is 11.3 Å². The Kier molecular flexibility index (Phi) is 5.92. The van der Waals surface area contributed by atoms with Crippen molar-refractivity contribution in [1.82, 2.24) is 10.2 Å². The molecule has 2 heteroatoms. The minimum Gasteiger partial charge on any atom is -0.314 e. The molecule has 2 unspecified atom stereocenters. The minimum atomic E-state index is 0.374. The fourth-order valence-corrected chi connectivity index (χ4v) is 4.39. The molecule has 0 aromatic rings. The molecule has 118 valence electrons. The smallest absolute Gasteiger partial charge is 0.0128 e. The van der Waals surface area contributed by atoms with Gasteiger partial charge in [-0.3, -0.25) is 0 Å². The first-order chi connectivity index (χ1) is 9.52. The maximum atomic E-state index is 3.70. The van der Waals surface area contributed by atoms with Gasteiger partial charge >= 0.3 is 0 Å². The molecule has 1 saturated carbocycles. The molecule has 0 aromatic carbocycles. The van der Waals surface area contributed by atoms with Crippen molar-refractivity contribution in [3.63, 3.8) is 0 Å². The first-order valence-corrected chi connectivity index (χ1v) is 8.99. The van der Waals surface area contributed by atoms with Crippen molar-refractivity contribution in [2.75, 3.05) is 19.6 Å². The number of hydrogen-bond donors (Lipinski definition) is 1. The molecule has 2 aliphatic rings. The van der Waals surface area contributed by atoms with E-state index < -0.39 is 0 Å². The number of hydrogen-bond acceptors (Lipinski definition) is 2. The van der Waals surface area contributed by atoms with Gasteiger partial charge in [-0.2, -0.15) is 0 Å². The van der Waals surface area contributed by atoms with Crippen LogP contribution in [-0.4, -0.2) is 36.6 Å². The van der Waals surface area contributed by atoms with E-state index in [0.717, 1.165) is 18.5 Å². The third kappa shape index (κ3) is 4.21. The van der Waals surface area contributed by atoms with Gasteiger partial charge in [0.25, 0.3) is 0 Å². The molecule has 0 radical (unpaired) electrons. The van der Waals surface area contributed by atoms with Crippen LogP contribution in [-0.2, 0) is 0 Å². The van der Waals surface area contributed by atoms with Gasteiger partial charge in [-0.1, -0.05) is 40.5 Å². The number of nitrogens with one attached hydrogen (secondary N) is 1. The van der Waals surface area contributed by atoms with E-state index in [0.29, 0.717) is 11.5 Å². The van der Waals surface area contributed by atoms with Crippen LogP contribution in [0.2, 0.25) is 0 Å². The largest absolute Gasteiger partial charge is 0.314 e. The highest BCUT2D eigenvalue weighted by Gasteiger charge is 2.34. The highest BCUT2D eigenvalue weighted by Crippen LogP contribution is 2.35. The van der Waals surface area contributed by atoms with Crippen LogP contribution in [0.15, 0.2) is 0 Å². The molecule has 2 atom stereocenters. The van der Waals surface area contributed by atoms with E-state index in [-0.39, 0.29) is 0 Å². The normalized spacial score (nSPS) is 27.3. The average Bonchev–Trinajstić information content (AvgIpc) is 3.02. The number of nitrogens with zero attached hydrogens (tertiary/aromatic N) is 1. The Morgan fingerprint density at radius 2 is 1.80 bits per heavy atom. The number of likely N-dealkylation sites (tertiary alicyclic amines) is 1. The number of rotatable bonds is 6. The van der Waals surface area contributed by atoms with E-state index in [9.17, 15) is 0 Å². The SMILES string of the molecule is CCNC(CCN1CCCC1C1CCCC1)C(C)(C)C. The predicted octanol–water partition coefficient (Wildman–Crippen LogP) is 4.06. The van der Waals surface area contributed by atoms with Crippen molar-refractivity contribution < 1.29 is 0 Å². The zero-order chi connectivity index (χ0) is 14.6. The summed E-state index contributed by atoms with van der Waals surface area (Å²) in [6, 6.07) is 1.57. The lowest BCUT2D eigenvalue weighted by Crippen LogP contribution is -2.44. The van der Waals surface area contributed by atoms with Gasteiger partial charge < -0.3 is 10.2 Å². The molecule has 1 saturated heterocycles. The zero-order valence-corrected chi connectivity index (χ0v) is 14.3. The molecule has 2 rings (SSSR count). The lowest BCUT2D eigenvalue weighted by Gasteiger charge is -2.35. The van der Waals surface area contributed by atoms with Crippen LogP contribution < -0.4 is 5.32 Å². The van der Waals surface area contributed by atoms with Crippen LogP contribution in [0.3, 0.4) is 0 Å². The Labute approximate surface area is 126 Å². The van der Waals surface area contributed by atoms with Gasteiger partial charge in [-0.15, -0.1) is 0 Å². The van der Waals surface area contributed by atoms with Crippen LogP contribution in [0.4, 0.5) is 0 Å². The Morgan fingerprint density at radius 1 is 1.10 bits per heavy atom. The van der Waals surface area contributed by atoms with E-state index in [1.165, 1.54) is 58.0 Å². The van der Waals surface area contributed by atoms with Crippen LogP contribution in [0.1, 0.15) is 72.6 Å². The maximum absolute atomic E-state index is 3.70. The lowest BCUT2D eigenvalue weighted by atomic mass is 9.84. The van der Waals surface area contributed by atoms with Crippen molar-refractivity contribution >= 4 is 0 Å². The van der Waals surface area contributed by atoms with Crippen LogP contribution in [0, 0.1) is 11.3 Å². The maximum Gasteiger partial charge on any atom is 0.0128 e. The molecular formula is C18H36N2. The van der Waals surface area contributed by atoms with Gasteiger partial charge in [-0.05, 0) is 63.1 Å². The second-order valence-corrected chi connectivity index (χ2v) is 8.06. The van der Waals surface area contributed by atoms with Crippen molar-refractivity contribution in [3.05, 3.63) is 0 Å². The van der Waals surface area contributed by atoms with Gasteiger partial charge in [0, 0.05) is 12.1 Å². The monoisotopic (exact) mass is 280 g/mol. The molecule has 1 aliphatic heterocycles. The van der Waals surface area contributed by atoms with Gasteiger partial charge in [0.1, 0.15) is 0 Å². The quantitative estimate of drug-likeness (QED) is 0.789. The molecule has 1 N–H and O–H groups in total. The standard InChI is InChI=1S/C18H36N2/c1-5-19-17(18(2,3)4)12-14-20-13-8-11-16(20)15-9-6-7-10-15/h15-17,19H,5-14H2,1-4H3. The summed E-state index contributed by atoms with van der Waals surface area (Å²) < 4.78 is 0. The van der Waals surface area contributed by atoms with Crippen LogP contribution in [0.5, 0.6) is 0 Å². The zero-order valence-electron chi connectivity index (χ0n) is 14.3. The van der Waals surface area contributed by atoms with Crippen LogP contribution >= 0.6 is 0 Å². The Morgan fingerprint density at radius 3 is 2.40 bits per heavy atom. The highest BCUT2D eigenvalue weighted by atomic mass is 15.2. The molecule has 1 heterocycles. The molecule has 0 spiro atoms. The third-order valence-corrected chi connectivity index (χ3v) is 5.56. The summed E-state index contributed by atoms with van der Waals surface area (Å²) in [5, 5.41) is 3.70. The van der Waals surface area contributed by atoms with E-state index in [4.69, 9.17) is 0 Å². The summed E-state index contributed by atoms with van der Waals surface area (Å²) in [5.74, 6) is 1.02. The fraction of sp³-hybridized carbons (Fsp3) is 1.00. The summed E-state index contributed by atoms with van der Waals surface area (Å²) in [6.07, 6.45) is 10.2. The molecule has 1 aliphatic carbocycles. The summed E-state index contributed by atoms with van der Waals surface area (Å²) in [6.45, 7) is 13.1. The Hall–Kier alpha value is -0.0800. The first-order valence-electron chi connectivity index (χ1n) is 8.99. The van der Waals surface area contributed by atoms with Gasteiger partial charge in [0.05, 0.1) is 0 Å². The van der Waals surface area contributed by atoms with E-state index in [1.54, 1.807) is 0 Å². The molecule has 0 bridgehead atoms. The lowest BCUT2D eigenvalue weighted by molar-refractivity contribution is 0.162. The molecule has 0 aromatic heterocycles. The van der Waals surface area contributed by atoms with E-state index >= 15 is 0 Å². The minimum absolute atomic E-state index is 0.374. The third-order valence-electron chi connectivity index (χ3n) is 5.56. The van der Waals surface area contributed by atoms with Crippen LogP contribution in [0.25, 0.3) is 0 Å². The Bertz CT molecular complexity index is 276. The molecule has 20 heavy (non-hydrogen) atoms. The van der Waals surface area contributed by atoms with E-state index in [1.807, 2.05) is 0 Å². The molecular weight excluding hydrogens is 244 g/mol. The van der Waals surface area contributed by atoms with Crippen molar-refractivity contribution in [1.29, 1.82) is 0 Å².